The van der Waals surface area contributed by atoms with Crippen molar-refractivity contribution in [3.63, 3.8) is 0 Å². The van der Waals surface area contributed by atoms with E-state index in [1.54, 1.807) is 20.8 Å². The molecule has 0 spiro atoms. The Balaban J connectivity index is 4.18. The Bertz CT molecular complexity index is 233. The molecule has 0 fully saturated rings. The van der Waals surface area contributed by atoms with Gasteiger partial charge in [-0.05, 0) is 20.8 Å². The van der Waals surface area contributed by atoms with Gasteiger partial charge in [0.2, 0.25) is 0 Å². The van der Waals surface area contributed by atoms with Gasteiger partial charge in [0.25, 0.3) is 0 Å². The zero-order chi connectivity index (χ0) is 11.9. The Hall–Kier alpha value is 0.1000. The summed E-state index contributed by atoms with van der Waals surface area (Å²) in [6.45, 7) is 5.51. The number of ether oxygens (including phenoxy) is 1. The van der Waals surface area contributed by atoms with E-state index in [0.717, 1.165) is 0 Å². The number of esters is 1. The highest BCUT2D eigenvalue weighted by Crippen LogP contribution is 2.47. The van der Waals surface area contributed by atoms with Crippen LogP contribution in [0.1, 0.15) is 20.8 Å². The molecule has 0 saturated heterocycles. The SMILES string of the molecule is CCOP(=O)(COC(=O)C(C)Br)OCC. The number of carbonyl (C=O) groups excluding carboxylic acids is 1. The zero-order valence-electron chi connectivity index (χ0n) is 9.07. The second kappa shape index (κ2) is 7.39. The monoisotopic (exact) mass is 302 g/mol. The molecule has 0 bridgehead atoms. The van der Waals surface area contributed by atoms with Crippen molar-refractivity contribution in [3.05, 3.63) is 0 Å². The molecule has 0 rings (SSSR count). The van der Waals surface area contributed by atoms with Gasteiger partial charge in [-0.25, -0.2) is 0 Å². The van der Waals surface area contributed by atoms with E-state index in [2.05, 4.69) is 15.9 Å². The predicted molar refractivity (Wildman–Crippen MR) is 60.2 cm³/mol. The van der Waals surface area contributed by atoms with E-state index in [0.29, 0.717) is 0 Å². The maximum absolute atomic E-state index is 11.8. The van der Waals surface area contributed by atoms with Crippen LogP contribution in [0.25, 0.3) is 0 Å². The third-order valence-electron chi connectivity index (χ3n) is 1.34. The van der Waals surface area contributed by atoms with Crippen LogP contribution in [-0.2, 0) is 23.1 Å². The van der Waals surface area contributed by atoms with Crippen LogP contribution in [0.4, 0.5) is 0 Å². The van der Waals surface area contributed by atoms with Crippen LogP contribution in [-0.4, -0.2) is 30.4 Å². The Morgan fingerprint density at radius 1 is 1.33 bits per heavy atom. The Labute approximate surface area is 98.1 Å². The van der Waals surface area contributed by atoms with Gasteiger partial charge in [0, 0.05) is 0 Å². The summed E-state index contributed by atoms with van der Waals surface area (Å²) < 4.78 is 26.5. The Kier molecular flexibility index (Phi) is 7.44. The van der Waals surface area contributed by atoms with Crippen LogP contribution >= 0.6 is 23.5 Å². The summed E-state index contributed by atoms with van der Waals surface area (Å²) in [5.74, 6) is -0.491. The summed E-state index contributed by atoms with van der Waals surface area (Å²) in [4.78, 5) is 10.7. The first-order chi connectivity index (χ1) is 6.95. The van der Waals surface area contributed by atoms with Crippen molar-refractivity contribution in [3.8, 4) is 0 Å². The molecule has 15 heavy (non-hydrogen) atoms. The summed E-state index contributed by atoms with van der Waals surface area (Å²) in [6, 6.07) is 0. The highest BCUT2D eigenvalue weighted by molar-refractivity contribution is 9.10. The second-order valence-electron chi connectivity index (χ2n) is 2.65. The van der Waals surface area contributed by atoms with Crippen LogP contribution in [0.15, 0.2) is 0 Å². The molecule has 0 saturated carbocycles. The first-order valence-electron chi connectivity index (χ1n) is 4.64. The minimum Gasteiger partial charge on any atom is -0.452 e. The fraction of sp³-hybridized carbons (Fsp3) is 0.875. The molecule has 1 atom stereocenters. The number of rotatable bonds is 7. The molecule has 0 aliphatic rings. The molecule has 0 radical (unpaired) electrons. The molecule has 5 nitrogen and oxygen atoms in total. The van der Waals surface area contributed by atoms with Crippen LogP contribution in [0.5, 0.6) is 0 Å². The summed E-state index contributed by atoms with van der Waals surface area (Å²) >= 11 is 3.04. The molecule has 0 aliphatic heterocycles. The van der Waals surface area contributed by atoms with E-state index in [1.807, 2.05) is 0 Å². The molecule has 0 aliphatic carbocycles. The van der Waals surface area contributed by atoms with Crippen LogP contribution in [0.3, 0.4) is 0 Å². The molecule has 0 amide bonds. The van der Waals surface area contributed by atoms with Crippen molar-refractivity contribution in [2.75, 3.05) is 19.6 Å². The van der Waals surface area contributed by atoms with E-state index < -0.39 is 18.4 Å². The van der Waals surface area contributed by atoms with Gasteiger partial charge in [0.15, 0.2) is 6.35 Å². The van der Waals surface area contributed by atoms with Gasteiger partial charge >= 0.3 is 13.6 Å². The Morgan fingerprint density at radius 2 is 1.80 bits per heavy atom. The van der Waals surface area contributed by atoms with E-state index in [-0.39, 0.29) is 19.6 Å². The lowest BCUT2D eigenvalue weighted by Crippen LogP contribution is -2.16. The standard InChI is InChI=1S/C8H16BrO5P/c1-4-13-15(11,14-5-2)6-12-8(10)7(3)9/h7H,4-6H2,1-3H3. The fourth-order valence-electron chi connectivity index (χ4n) is 0.763. The molecule has 1 unspecified atom stereocenters. The molecule has 90 valence electrons. The van der Waals surface area contributed by atoms with Crippen molar-refractivity contribution < 1.29 is 23.1 Å². The quantitative estimate of drug-likeness (QED) is 0.411. The summed E-state index contributed by atoms with van der Waals surface area (Å²) in [7, 11) is -3.28. The second-order valence-corrected chi connectivity index (χ2v) is 6.02. The smallest absolute Gasteiger partial charge is 0.367 e. The summed E-state index contributed by atoms with van der Waals surface area (Å²) in [6.07, 6.45) is -0.344. The van der Waals surface area contributed by atoms with Gasteiger partial charge in [0.05, 0.1) is 13.2 Å². The summed E-state index contributed by atoms with van der Waals surface area (Å²) in [5, 5.41) is 0. The molecule has 0 aromatic rings. The first kappa shape index (κ1) is 15.1. The number of alkyl halides is 1. The Morgan fingerprint density at radius 3 is 2.13 bits per heavy atom. The maximum atomic E-state index is 11.8. The average molecular weight is 303 g/mol. The lowest BCUT2D eigenvalue weighted by molar-refractivity contribution is -0.141. The number of carbonyl (C=O) groups is 1. The van der Waals surface area contributed by atoms with E-state index >= 15 is 0 Å². The topological polar surface area (TPSA) is 61.8 Å². The van der Waals surface area contributed by atoms with Gasteiger partial charge in [-0.1, -0.05) is 15.9 Å². The third kappa shape index (κ3) is 6.30. The lowest BCUT2D eigenvalue weighted by atomic mass is 10.5. The molecular formula is C8H16BrO5P. The van der Waals surface area contributed by atoms with Gasteiger partial charge in [-0.15, -0.1) is 0 Å². The minimum atomic E-state index is -3.28. The molecular weight excluding hydrogens is 287 g/mol. The van der Waals surface area contributed by atoms with Crippen molar-refractivity contribution in [1.29, 1.82) is 0 Å². The normalized spacial score (nSPS) is 13.6. The maximum Gasteiger partial charge on any atom is 0.367 e. The highest BCUT2D eigenvalue weighted by Gasteiger charge is 2.26. The van der Waals surface area contributed by atoms with Gasteiger partial charge in [0.1, 0.15) is 4.83 Å². The van der Waals surface area contributed by atoms with Crippen molar-refractivity contribution >= 4 is 29.5 Å². The van der Waals surface area contributed by atoms with Crippen LogP contribution in [0.2, 0.25) is 0 Å². The van der Waals surface area contributed by atoms with Crippen LogP contribution < -0.4 is 0 Å². The molecule has 7 heteroatoms. The average Bonchev–Trinajstić information content (AvgIpc) is 2.15. The number of hydrogen-bond acceptors (Lipinski definition) is 5. The highest BCUT2D eigenvalue weighted by atomic mass is 79.9. The zero-order valence-corrected chi connectivity index (χ0v) is 11.5. The van der Waals surface area contributed by atoms with Crippen molar-refractivity contribution in [2.24, 2.45) is 0 Å². The summed E-state index contributed by atoms with van der Waals surface area (Å²) in [5.41, 5.74) is 0. The van der Waals surface area contributed by atoms with Gasteiger partial charge in [-0.3, -0.25) is 9.36 Å². The van der Waals surface area contributed by atoms with E-state index in [4.69, 9.17) is 13.8 Å². The largest absolute Gasteiger partial charge is 0.452 e. The molecule has 0 aromatic carbocycles. The van der Waals surface area contributed by atoms with E-state index in [1.165, 1.54) is 0 Å². The van der Waals surface area contributed by atoms with Gasteiger partial charge in [-0.2, -0.15) is 0 Å². The lowest BCUT2D eigenvalue weighted by Gasteiger charge is -2.16. The molecule has 0 heterocycles. The first-order valence-corrected chi connectivity index (χ1v) is 7.28. The minimum absolute atomic E-state index is 0.249. The number of hydrogen-bond donors (Lipinski definition) is 0. The van der Waals surface area contributed by atoms with Gasteiger partial charge < -0.3 is 13.8 Å². The van der Waals surface area contributed by atoms with Crippen molar-refractivity contribution in [2.45, 2.75) is 25.6 Å². The molecule has 0 N–H and O–H groups in total. The fourth-order valence-corrected chi connectivity index (χ4v) is 2.19. The van der Waals surface area contributed by atoms with Crippen molar-refractivity contribution in [1.82, 2.24) is 0 Å². The predicted octanol–water partition coefficient (Wildman–Crippen LogP) is 2.54. The number of halogens is 1. The third-order valence-corrected chi connectivity index (χ3v) is 3.46. The molecule has 0 aromatic heterocycles. The van der Waals surface area contributed by atoms with Crippen LogP contribution in [0, 0.1) is 0 Å². The van der Waals surface area contributed by atoms with E-state index in [9.17, 15) is 9.36 Å².